The number of ether oxygens (including phenoxy) is 1. The van der Waals surface area contributed by atoms with Crippen LogP contribution < -0.4 is 15.4 Å². The maximum atomic E-state index is 5.86. The predicted octanol–water partition coefficient (Wildman–Crippen LogP) is 2.79. The molecule has 0 saturated carbocycles. The number of aromatic nitrogens is 3. The van der Waals surface area contributed by atoms with Crippen LogP contribution in [-0.2, 0) is 20.1 Å². The first kappa shape index (κ1) is 22.2. The van der Waals surface area contributed by atoms with Gasteiger partial charge >= 0.3 is 0 Å². The van der Waals surface area contributed by atoms with Crippen molar-refractivity contribution in [3.8, 4) is 5.75 Å². The number of guanidine groups is 1. The summed E-state index contributed by atoms with van der Waals surface area (Å²) in [6.45, 7) is 8.83. The Bertz CT molecular complexity index is 701. The lowest BCUT2D eigenvalue weighted by Gasteiger charge is -2.13. The van der Waals surface area contributed by atoms with Crippen molar-refractivity contribution in [1.82, 2.24) is 25.4 Å². The van der Waals surface area contributed by atoms with E-state index in [9.17, 15) is 0 Å². The summed E-state index contributed by atoms with van der Waals surface area (Å²) in [6.07, 6.45) is 2.53. The van der Waals surface area contributed by atoms with Crippen molar-refractivity contribution in [2.75, 3.05) is 13.2 Å². The van der Waals surface area contributed by atoms with E-state index in [1.54, 1.807) is 11.0 Å². The highest BCUT2D eigenvalue weighted by Gasteiger charge is 2.06. The molecule has 8 heteroatoms. The van der Waals surface area contributed by atoms with Gasteiger partial charge in [0.2, 0.25) is 0 Å². The molecule has 144 valence electrons. The highest BCUT2D eigenvalue weighted by molar-refractivity contribution is 14.0. The van der Waals surface area contributed by atoms with Crippen molar-refractivity contribution in [2.24, 2.45) is 12.0 Å². The van der Waals surface area contributed by atoms with E-state index in [4.69, 9.17) is 4.74 Å². The average molecular weight is 472 g/mol. The molecular formula is C18H29IN6O. The van der Waals surface area contributed by atoms with Gasteiger partial charge in [0.15, 0.2) is 5.96 Å². The van der Waals surface area contributed by atoms with E-state index >= 15 is 0 Å². The fourth-order valence-corrected chi connectivity index (χ4v) is 2.29. The Morgan fingerprint density at radius 1 is 1.27 bits per heavy atom. The molecule has 7 nitrogen and oxygen atoms in total. The van der Waals surface area contributed by atoms with Gasteiger partial charge in [0.25, 0.3) is 0 Å². The number of rotatable bonds is 8. The Balaban J connectivity index is 0.00000338. The van der Waals surface area contributed by atoms with Gasteiger partial charge in [0, 0.05) is 19.2 Å². The number of aryl methyl sites for hydroxylation is 2. The predicted molar refractivity (Wildman–Crippen MR) is 115 cm³/mol. The van der Waals surface area contributed by atoms with Gasteiger partial charge in [0.1, 0.15) is 17.9 Å². The molecule has 0 amide bonds. The van der Waals surface area contributed by atoms with Crippen molar-refractivity contribution in [3.63, 3.8) is 0 Å². The number of hydrogen-bond acceptors (Lipinski definition) is 4. The van der Waals surface area contributed by atoms with Crippen molar-refractivity contribution in [2.45, 2.75) is 40.3 Å². The maximum absolute atomic E-state index is 5.86. The standard InChI is InChI=1S/C18H28N6O.HI/c1-5-9-25-16-10-14(3)7-8-15(16)11-20-18(19-6-2)21-12-17-22-13-23-24(17)4;/h7-8,10,13H,5-6,9,11-12H2,1-4H3,(H2,19,20,21);1H. The second-order valence-corrected chi connectivity index (χ2v) is 5.81. The normalized spacial score (nSPS) is 11.0. The summed E-state index contributed by atoms with van der Waals surface area (Å²) in [5.41, 5.74) is 2.26. The van der Waals surface area contributed by atoms with Crippen LogP contribution in [0.4, 0.5) is 0 Å². The molecule has 2 rings (SSSR count). The second-order valence-electron chi connectivity index (χ2n) is 5.81. The van der Waals surface area contributed by atoms with Gasteiger partial charge in [-0.3, -0.25) is 4.68 Å². The molecule has 0 fully saturated rings. The van der Waals surface area contributed by atoms with E-state index in [2.05, 4.69) is 57.8 Å². The molecule has 0 aliphatic heterocycles. The summed E-state index contributed by atoms with van der Waals surface area (Å²) in [5.74, 6) is 2.51. The fraction of sp³-hybridized carbons (Fsp3) is 0.500. The van der Waals surface area contributed by atoms with E-state index in [1.165, 1.54) is 5.56 Å². The number of benzene rings is 1. The minimum atomic E-state index is 0. The van der Waals surface area contributed by atoms with E-state index in [0.717, 1.165) is 36.1 Å². The lowest BCUT2D eigenvalue weighted by atomic mass is 10.1. The number of nitrogens with zero attached hydrogens (tertiary/aromatic N) is 4. The van der Waals surface area contributed by atoms with Crippen LogP contribution in [-0.4, -0.2) is 33.9 Å². The maximum Gasteiger partial charge on any atom is 0.191 e. The molecule has 0 saturated heterocycles. The van der Waals surface area contributed by atoms with Crippen LogP contribution in [0.2, 0.25) is 0 Å². The minimum absolute atomic E-state index is 0. The molecule has 2 N–H and O–H groups in total. The van der Waals surface area contributed by atoms with Crippen LogP contribution in [0.25, 0.3) is 0 Å². The van der Waals surface area contributed by atoms with E-state index in [0.29, 0.717) is 19.7 Å². The molecule has 0 aliphatic rings. The van der Waals surface area contributed by atoms with Gasteiger partial charge < -0.3 is 15.4 Å². The molecule has 0 radical (unpaired) electrons. The zero-order valence-electron chi connectivity index (χ0n) is 16.0. The molecule has 1 heterocycles. The van der Waals surface area contributed by atoms with Gasteiger partial charge in [-0.2, -0.15) is 5.10 Å². The van der Waals surface area contributed by atoms with Gasteiger partial charge in [-0.05, 0) is 31.9 Å². The monoisotopic (exact) mass is 472 g/mol. The third kappa shape index (κ3) is 6.81. The number of halogens is 1. The molecule has 0 spiro atoms. The smallest absolute Gasteiger partial charge is 0.191 e. The Hall–Kier alpha value is -1.84. The SMILES string of the molecule is CCCOc1cc(C)ccc1CN=C(NCC)NCc1ncnn1C.I. The summed E-state index contributed by atoms with van der Waals surface area (Å²) in [6, 6.07) is 6.24. The van der Waals surface area contributed by atoms with Gasteiger partial charge in [-0.15, -0.1) is 24.0 Å². The number of aliphatic imine (C=N–C) groups is 1. The number of nitrogens with one attached hydrogen (secondary N) is 2. The van der Waals surface area contributed by atoms with E-state index in [1.807, 2.05) is 14.0 Å². The zero-order chi connectivity index (χ0) is 18.1. The average Bonchev–Trinajstić information content (AvgIpc) is 3.01. The van der Waals surface area contributed by atoms with Crippen LogP contribution in [0, 0.1) is 6.92 Å². The van der Waals surface area contributed by atoms with Crippen LogP contribution in [0.15, 0.2) is 29.5 Å². The van der Waals surface area contributed by atoms with Gasteiger partial charge in [0.05, 0.1) is 19.7 Å². The molecule has 0 bridgehead atoms. The summed E-state index contributed by atoms with van der Waals surface area (Å²) < 4.78 is 7.61. The second kappa shape index (κ2) is 11.7. The molecule has 0 aliphatic carbocycles. The Labute approximate surface area is 172 Å². The lowest BCUT2D eigenvalue weighted by molar-refractivity contribution is 0.314. The Morgan fingerprint density at radius 2 is 2.08 bits per heavy atom. The highest BCUT2D eigenvalue weighted by Crippen LogP contribution is 2.21. The quantitative estimate of drug-likeness (QED) is 0.351. The summed E-state index contributed by atoms with van der Waals surface area (Å²) >= 11 is 0. The minimum Gasteiger partial charge on any atom is -0.493 e. The highest BCUT2D eigenvalue weighted by atomic mass is 127. The van der Waals surface area contributed by atoms with Gasteiger partial charge in [-0.1, -0.05) is 19.1 Å². The van der Waals surface area contributed by atoms with Crippen molar-refractivity contribution >= 4 is 29.9 Å². The number of hydrogen-bond donors (Lipinski definition) is 2. The summed E-state index contributed by atoms with van der Waals surface area (Å²) in [5, 5.41) is 10.6. The van der Waals surface area contributed by atoms with Crippen LogP contribution in [0.3, 0.4) is 0 Å². The topological polar surface area (TPSA) is 76.4 Å². The Kier molecular flexibility index (Phi) is 10.0. The molecular weight excluding hydrogens is 443 g/mol. The third-order valence-corrected chi connectivity index (χ3v) is 3.66. The first-order chi connectivity index (χ1) is 12.1. The van der Waals surface area contributed by atoms with Gasteiger partial charge in [-0.25, -0.2) is 9.98 Å². The molecule has 26 heavy (non-hydrogen) atoms. The third-order valence-electron chi connectivity index (χ3n) is 3.66. The van der Waals surface area contributed by atoms with Crippen LogP contribution in [0.5, 0.6) is 5.75 Å². The van der Waals surface area contributed by atoms with E-state index in [-0.39, 0.29) is 24.0 Å². The van der Waals surface area contributed by atoms with E-state index < -0.39 is 0 Å². The first-order valence-electron chi connectivity index (χ1n) is 8.71. The van der Waals surface area contributed by atoms with Crippen LogP contribution >= 0.6 is 24.0 Å². The lowest BCUT2D eigenvalue weighted by Crippen LogP contribution is -2.37. The largest absolute Gasteiger partial charge is 0.493 e. The summed E-state index contributed by atoms with van der Waals surface area (Å²) in [4.78, 5) is 8.88. The molecule has 0 atom stereocenters. The molecule has 1 aromatic carbocycles. The van der Waals surface area contributed by atoms with Crippen molar-refractivity contribution < 1.29 is 4.74 Å². The molecule has 2 aromatic rings. The fourth-order valence-electron chi connectivity index (χ4n) is 2.29. The molecule has 1 aromatic heterocycles. The first-order valence-corrected chi connectivity index (χ1v) is 8.71. The van der Waals surface area contributed by atoms with Crippen molar-refractivity contribution in [3.05, 3.63) is 41.5 Å². The Morgan fingerprint density at radius 3 is 2.73 bits per heavy atom. The van der Waals surface area contributed by atoms with Crippen LogP contribution in [0.1, 0.15) is 37.2 Å². The van der Waals surface area contributed by atoms with Crippen molar-refractivity contribution in [1.29, 1.82) is 0 Å². The molecule has 0 unspecified atom stereocenters. The summed E-state index contributed by atoms with van der Waals surface area (Å²) in [7, 11) is 1.87. The zero-order valence-corrected chi connectivity index (χ0v) is 18.3.